The van der Waals surface area contributed by atoms with Gasteiger partial charge >= 0.3 is 12.1 Å². The molecular weight excluding hydrogens is 337 g/mol. The Bertz CT molecular complexity index is 697. The third kappa shape index (κ3) is 4.56. The van der Waals surface area contributed by atoms with Gasteiger partial charge in [-0.2, -0.15) is 13.2 Å². The van der Waals surface area contributed by atoms with Crippen LogP contribution in [0.1, 0.15) is 23.1 Å². The molecule has 1 N–H and O–H groups in total. The number of carbonyl (C=O) groups excluding carboxylic acids is 1. The molecule has 0 aromatic carbocycles. The predicted molar refractivity (Wildman–Crippen MR) is 79.6 cm³/mol. The smallest absolute Gasteiger partial charge is 0.433 e. The zero-order valence-electron chi connectivity index (χ0n) is 12.1. The summed E-state index contributed by atoms with van der Waals surface area (Å²) in [5, 5.41) is 9.66. The first-order chi connectivity index (χ1) is 10.6. The van der Waals surface area contributed by atoms with Crippen LogP contribution in [0.5, 0.6) is 5.75 Å². The van der Waals surface area contributed by atoms with Crippen molar-refractivity contribution in [1.82, 2.24) is 4.98 Å². The number of ether oxygens (including phenoxy) is 1. The zero-order valence-corrected chi connectivity index (χ0v) is 12.9. The van der Waals surface area contributed by atoms with Crippen LogP contribution in [0.25, 0.3) is 5.57 Å². The number of alkyl halides is 3. The molecule has 124 valence electrons. The molecule has 0 spiro atoms. The molecule has 1 aromatic heterocycles. The Morgan fingerprint density at radius 3 is 2.52 bits per heavy atom. The average Bonchev–Trinajstić information content (AvgIpc) is 2.45. The molecule has 0 saturated heterocycles. The highest BCUT2D eigenvalue weighted by atomic mass is 35.5. The first kappa shape index (κ1) is 18.7. The summed E-state index contributed by atoms with van der Waals surface area (Å²) in [4.78, 5) is 18.2. The fourth-order valence-electron chi connectivity index (χ4n) is 1.53. The Morgan fingerprint density at radius 2 is 2.04 bits per heavy atom. The topological polar surface area (TPSA) is 71.8 Å². The van der Waals surface area contributed by atoms with E-state index in [0.29, 0.717) is 6.08 Å². The van der Waals surface area contributed by atoms with Gasteiger partial charge in [0.1, 0.15) is 17.1 Å². The van der Waals surface area contributed by atoms with E-state index in [1.54, 1.807) is 0 Å². The fourth-order valence-corrected chi connectivity index (χ4v) is 1.75. The van der Waals surface area contributed by atoms with Crippen LogP contribution in [-0.2, 0) is 4.74 Å². The van der Waals surface area contributed by atoms with Crippen molar-refractivity contribution in [2.45, 2.75) is 13.1 Å². The minimum atomic E-state index is -4.66. The van der Waals surface area contributed by atoms with Crippen molar-refractivity contribution in [3.05, 3.63) is 40.3 Å². The maximum Gasteiger partial charge on any atom is 0.433 e. The van der Waals surface area contributed by atoms with Gasteiger partial charge in [-0.25, -0.2) is 9.78 Å². The Kier molecular flexibility index (Phi) is 5.91. The minimum absolute atomic E-state index is 0.114. The number of aliphatic imine (C=N–C) groups is 1. The summed E-state index contributed by atoms with van der Waals surface area (Å²) in [6, 6.07) is 1.05. The third-order valence-corrected chi connectivity index (χ3v) is 2.95. The molecular formula is C14H12ClF3N2O3. The maximum atomic E-state index is 12.5. The molecule has 23 heavy (non-hydrogen) atoms. The van der Waals surface area contributed by atoms with Crippen LogP contribution in [0.15, 0.2) is 28.9 Å². The Hall–Kier alpha value is -2.35. The summed E-state index contributed by atoms with van der Waals surface area (Å²) in [7, 11) is 1.11. The Labute approximate surface area is 134 Å². The van der Waals surface area contributed by atoms with Gasteiger partial charge in [0.15, 0.2) is 5.69 Å². The Morgan fingerprint density at radius 1 is 1.43 bits per heavy atom. The van der Waals surface area contributed by atoms with E-state index in [-0.39, 0.29) is 22.0 Å². The maximum absolute atomic E-state index is 12.5. The number of carbonyl (C=O) groups is 1. The van der Waals surface area contributed by atoms with Crippen LogP contribution in [-0.4, -0.2) is 36.1 Å². The number of esters is 1. The van der Waals surface area contributed by atoms with E-state index in [9.17, 15) is 23.1 Å². The van der Waals surface area contributed by atoms with Gasteiger partial charge in [-0.3, -0.25) is 4.99 Å². The second-order valence-corrected chi connectivity index (χ2v) is 4.64. The molecule has 0 bridgehead atoms. The lowest BCUT2D eigenvalue weighted by Gasteiger charge is -2.08. The molecule has 5 nitrogen and oxygen atoms in total. The number of aromatic nitrogens is 1. The average molecular weight is 349 g/mol. The summed E-state index contributed by atoms with van der Waals surface area (Å²) >= 11 is 5.76. The molecule has 0 aliphatic carbocycles. The van der Waals surface area contributed by atoms with Crippen molar-refractivity contribution < 1.29 is 27.8 Å². The van der Waals surface area contributed by atoms with Crippen LogP contribution >= 0.6 is 11.6 Å². The zero-order chi connectivity index (χ0) is 17.8. The highest BCUT2D eigenvalue weighted by Gasteiger charge is 2.32. The lowest BCUT2D eigenvalue weighted by Crippen LogP contribution is -2.09. The van der Waals surface area contributed by atoms with Gasteiger partial charge in [0, 0.05) is 6.07 Å². The number of aromatic hydroxyl groups is 1. The van der Waals surface area contributed by atoms with E-state index in [4.69, 9.17) is 11.6 Å². The second-order valence-electron chi connectivity index (χ2n) is 4.24. The van der Waals surface area contributed by atoms with Crippen LogP contribution in [0.3, 0.4) is 0 Å². The highest BCUT2D eigenvalue weighted by Crippen LogP contribution is 2.30. The van der Waals surface area contributed by atoms with Gasteiger partial charge in [-0.15, -0.1) is 0 Å². The van der Waals surface area contributed by atoms with Crippen molar-refractivity contribution in [1.29, 1.82) is 0 Å². The van der Waals surface area contributed by atoms with E-state index in [2.05, 4.69) is 21.4 Å². The SMILES string of the molecule is C=N/C(=C\C=C(/C)c1nc(C(=O)OC)c(Cl)cc1O)C(F)(F)F. The lowest BCUT2D eigenvalue weighted by atomic mass is 10.1. The van der Waals surface area contributed by atoms with Gasteiger partial charge in [-0.05, 0) is 25.3 Å². The summed E-state index contributed by atoms with van der Waals surface area (Å²) in [6.45, 7) is 4.24. The summed E-state index contributed by atoms with van der Waals surface area (Å²) < 4.78 is 42.1. The minimum Gasteiger partial charge on any atom is -0.506 e. The van der Waals surface area contributed by atoms with E-state index in [1.165, 1.54) is 6.92 Å². The number of allylic oxidation sites excluding steroid dienone is 4. The molecule has 0 saturated carbocycles. The van der Waals surface area contributed by atoms with Gasteiger partial charge in [0.25, 0.3) is 0 Å². The van der Waals surface area contributed by atoms with E-state index >= 15 is 0 Å². The number of pyridine rings is 1. The molecule has 1 heterocycles. The molecule has 1 rings (SSSR count). The first-order valence-corrected chi connectivity index (χ1v) is 6.40. The number of hydrogen-bond donors (Lipinski definition) is 1. The van der Waals surface area contributed by atoms with Crippen LogP contribution < -0.4 is 0 Å². The predicted octanol–water partition coefficient (Wildman–Crippen LogP) is 3.78. The summed E-state index contributed by atoms with van der Waals surface area (Å²) in [5.74, 6) is -1.24. The molecule has 1 aromatic rings. The fraction of sp³-hybridized carbons (Fsp3) is 0.214. The molecule has 0 fully saturated rings. The van der Waals surface area contributed by atoms with E-state index in [1.807, 2.05) is 0 Å². The molecule has 0 amide bonds. The lowest BCUT2D eigenvalue weighted by molar-refractivity contribution is -0.0922. The normalized spacial score (nSPS) is 13.0. The number of hydrogen-bond acceptors (Lipinski definition) is 5. The second kappa shape index (κ2) is 7.28. The third-order valence-electron chi connectivity index (χ3n) is 2.66. The molecule has 0 unspecified atom stereocenters. The van der Waals surface area contributed by atoms with Crippen LogP contribution in [0.4, 0.5) is 13.2 Å². The number of methoxy groups -OCH3 is 1. The van der Waals surface area contributed by atoms with Crippen LogP contribution in [0.2, 0.25) is 5.02 Å². The highest BCUT2D eigenvalue weighted by molar-refractivity contribution is 6.33. The first-order valence-electron chi connectivity index (χ1n) is 6.02. The summed E-state index contributed by atoms with van der Waals surface area (Å²) in [5.41, 5.74) is -1.44. The molecule has 0 radical (unpaired) electrons. The number of nitrogens with zero attached hydrogens (tertiary/aromatic N) is 2. The van der Waals surface area contributed by atoms with Crippen molar-refractivity contribution in [2.75, 3.05) is 7.11 Å². The molecule has 0 atom stereocenters. The van der Waals surface area contributed by atoms with Crippen molar-refractivity contribution in [2.24, 2.45) is 4.99 Å². The van der Waals surface area contributed by atoms with E-state index < -0.39 is 23.6 Å². The largest absolute Gasteiger partial charge is 0.506 e. The molecule has 9 heteroatoms. The van der Waals surface area contributed by atoms with E-state index in [0.717, 1.165) is 19.3 Å². The van der Waals surface area contributed by atoms with Crippen molar-refractivity contribution in [3.63, 3.8) is 0 Å². The van der Waals surface area contributed by atoms with Gasteiger partial charge in [0.05, 0.1) is 12.1 Å². The van der Waals surface area contributed by atoms with Gasteiger partial charge in [-0.1, -0.05) is 17.7 Å². The standard InChI is InChI=1S/C14H12ClF3N2O3/c1-7(4-5-10(19-2)14(16,17)18)11-9(21)6-8(15)12(20-11)13(22)23-3/h4-6,21H,2H2,1,3H3/b7-4+,10-5-. The quantitative estimate of drug-likeness (QED) is 0.510. The Balaban J connectivity index is 3.35. The monoisotopic (exact) mass is 348 g/mol. The number of halogens is 4. The molecule has 0 aliphatic heterocycles. The van der Waals surface area contributed by atoms with Crippen molar-refractivity contribution >= 4 is 29.9 Å². The van der Waals surface area contributed by atoms with Gasteiger partial charge < -0.3 is 9.84 Å². The number of rotatable bonds is 4. The summed E-state index contributed by atoms with van der Waals surface area (Å²) in [6.07, 6.45) is -2.95. The molecule has 0 aliphatic rings. The van der Waals surface area contributed by atoms with Gasteiger partial charge in [0.2, 0.25) is 0 Å². The van der Waals surface area contributed by atoms with Crippen molar-refractivity contribution in [3.8, 4) is 5.75 Å². The van der Waals surface area contributed by atoms with Crippen LogP contribution in [0, 0.1) is 0 Å².